The van der Waals surface area contributed by atoms with Crippen molar-refractivity contribution in [3.05, 3.63) is 76.0 Å². The van der Waals surface area contributed by atoms with Crippen LogP contribution in [-0.4, -0.2) is 28.8 Å². The number of likely N-dealkylation sites (N-methyl/N-ethyl adjacent to an activating group) is 1. The Morgan fingerprint density at radius 3 is 2.68 bits per heavy atom. The lowest BCUT2D eigenvalue weighted by Crippen LogP contribution is -2.27. The molecule has 3 rings (SSSR count). The summed E-state index contributed by atoms with van der Waals surface area (Å²) in [5.74, 6) is 2.16. The lowest BCUT2D eigenvalue weighted by atomic mass is 10.1. The fraction of sp³-hybridized carbons (Fsp3) is 0.0526. The SMILES string of the molecule is C=S1N=C(c2ccc(C#N)c(F)c2)C=C(C(=O)Nc2ccc(F)c(Cl)c2)N1C. The van der Waals surface area contributed by atoms with Crippen molar-refractivity contribution in [1.82, 2.24) is 4.31 Å². The van der Waals surface area contributed by atoms with Crippen LogP contribution in [0.15, 0.2) is 52.6 Å². The molecule has 1 heterocycles. The number of nitrogens with zero attached hydrogens (tertiary/aromatic N) is 3. The fourth-order valence-electron chi connectivity index (χ4n) is 2.41. The van der Waals surface area contributed by atoms with E-state index >= 15 is 0 Å². The van der Waals surface area contributed by atoms with Gasteiger partial charge in [0.1, 0.15) is 23.4 Å². The number of benzene rings is 2. The molecule has 2 aromatic rings. The maximum absolute atomic E-state index is 13.9. The number of rotatable bonds is 3. The molecule has 0 fully saturated rings. The van der Waals surface area contributed by atoms with Gasteiger partial charge in [-0.2, -0.15) is 5.26 Å². The number of nitrogens with one attached hydrogen (secondary N) is 1. The van der Waals surface area contributed by atoms with E-state index in [4.69, 9.17) is 16.9 Å². The van der Waals surface area contributed by atoms with Gasteiger partial charge in [-0.3, -0.25) is 4.79 Å². The molecule has 1 aliphatic heterocycles. The quantitative estimate of drug-likeness (QED) is 0.756. The Hall–Kier alpha value is -3.02. The maximum Gasteiger partial charge on any atom is 0.272 e. The van der Waals surface area contributed by atoms with E-state index in [1.54, 1.807) is 23.5 Å². The first-order valence-corrected chi connectivity index (χ1v) is 9.53. The predicted octanol–water partition coefficient (Wildman–Crippen LogP) is 4.28. The zero-order valence-corrected chi connectivity index (χ0v) is 16.1. The van der Waals surface area contributed by atoms with E-state index < -0.39 is 28.4 Å². The number of hydrogen-bond acceptors (Lipinski definition) is 4. The van der Waals surface area contributed by atoms with E-state index in [9.17, 15) is 13.6 Å². The molecule has 0 saturated carbocycles. The van der Waals surface area contributed by atoms with E-state index in [1.165, 1.54) is 30.3 Å². The average molecular weight is 419 g/mol. The largest absolute Gasteiger partial charge is 0.321 e. The van der Waals surface area contributed by atoms with Gasteiger partial charge < -0.3 is 9.62 Å². The van der Waals surface area contributed by atoms with Crippen LogP contribution in [-0.2, 0) is 4.79 Å². The van der Waals surface area contributed by atoms with Crippen molar-refractivity contribution in [1.29, 1.82) is 5.26 Å². The summed E-state index contributed by atoms with van der Waals surface area (Å²) in [7, 11) is 0.724. The first kappa shape index (κ1) is 19.7. The standard InChI is InChI=1S/C19H13ClF2N4OS/c1-26-18(19(27)24-13-5-6-15(21)14(20)8-13)9-17(25-28(26)2)11-3-4-12(10-23)16(22)7-11/h3-9H,2H2,1H3,(H,24,27). The first-order valence-electron chi connectivity index (χ1n) is 7.85. The van der Waals surface area contributed by atoms with Gasteiger partial charge >= 0.3 is 0 Å². The van der Waals surface area contributed by atoms with Crippen LogP contribution in [0.1, 0.15) is 11.1 Å². The van der Waals surface area contributed by atoms with E-state index in [0.717, 1.165) is 6.07 Å². The van der Waals surface area contributed by atoms with Crippen LogP contribution in [0.25, 0.3) is 0 Å². The van der Waals surface area contributed by atoms with Crippen LogP contribution in [0.3, 0.4) is 0 Å². The van der Waals surface area contributed by atoms with Crippen LogP contribution in [0.4, 0.5) is 14.5 Å². The van der Waals surface area contributed by atoms with Crippen molar-refractivity contribution in [2.45, 2.75) is 0 Å². The number of allylic oxidation sites excluding steroid dienone is 1. The van der Waals surface area contributed by atoms with Gasteiger partial charge in [0.25, 0.3) is 5.91 Å². The molecule has 1 atom stereocenters. The molecule has 142 valence electrons. The Morgan fingerprint density at radius 1 is 1.29 bits per heavy atom. The number of carbonyl (C=O) groups is 1. The zero-order valence-electron chi connectivity index (χ0n) is 14.5. The molecule has 0 aromatic heterocycles. The highest BCUT2D eigenvalue weighted by atomic mass is 35.5. The second-order valence-electron chi connectivity index (χ2n) is 5.73. The lowest BCUT2D eigenvalue weighted by molar-refractivity contribution is -0.113. The molecular weight excluding hydrogens is 406 g/mol. The van der Waals surface area contributed by atoms with Crippen LogP contribution >= 0.6 is 22.5 Å². The molecule has 0 aliphatic carbocycles. The van der Waals surface area contributed by atoms with Gasteiger partial charge in [0, 0.05) is 29.2 Å². The molecule has 0 saturated heterocycles. The summed E-state index contributed by atoms with van der Waals surface area (Å²) in [6.07, 6.45) is 1.50. The molecule has 2 aromatic carbocycles. The second-order valence-corrected chi connectivity index (χ2v) is 7.55. The van der Waals surface area contributed by atoms with Crippen LogP contribution < -0.4 is 5.32 Å². The molecule has 1 aliphatic rings. The minimum Gasteiger partial charge on any atom is -0.321 e. The summed E-state index contributed by atoms with van der Waals surface area (Å²) >= 11 is 5.74. The zero-order chi connectivity index (χ0) is 20.4. The van der Waals surface area contributed by atoms with Crippen molar-refractivity contribution in [3.63, 3.8) is 0 Å². The molecule has 1 amide bonds. The van der Waals surface area contributed by atoms with E-state index in [-0.39, 0.29) is 16.3 Å². The average Bonchev–Trinajstić information content (AvgIpc) is 2.66. The van der Waals surface area contributed by atoms with Gasteiger partial charge in [0.15, 0.2) is 0 Å². The Kier molecular flexibility index (Phi) is 5.58. The molecule has 1 N–H and O–H groups in total. The minimum atomic E-state index is -0.927. The van der Waals surface area contributed by atoms with Crippen LogP contribution in [0.2, 0.25) is 5.02 Å². The first-order chi connectivity index (χ1) is 13.3. The van der Waals surface area contributed by atoms with Crippen molar-refractivity contribution < 1.29 is 13.6 Å². The molecular formula is C19H13ClF2N4OS. The third-order valence-electron chi connectivity index (χ3n) is 3.93. The van der Waals surface area contributed by atoms with Gasteiger partial charge in [-0.25, -0.2) is 13.2 Å². The topological polar surface area (TPSA) is 68.5 Å². The van der Waals surface area contributed by atoms with E-state index in [2.05, 4.69) is 15.6 Å². The minimum absolute atomic E-state index is 0.0824. The summed E-state index contributed by atoms with van der Waals surface area (Å²) < 4.78 is 33.2. The monoisotopic (exact) mass is 418 g/mol. The molecule has 0 spiro atoms. The second kappa shape index (κ2) is 7.92. The Morgan fingerprint density at radius 2 is 2.04 bits per heavy atom. The molecule has 28 heavy (non-hydrogen) atoms. The van der Waals surface area contributed by atoms with Gasteiger partial charge in [-0.15, -0.1) is 0 Å². The smallest absolute Gasteiger partial charge is 0.272 e. The number of halogens is 3. The fourth-order valence-corrected chi connectivity index (χ4v) is 3.46. The van der Waals surface area contributed by atoms with Crippen molar-refractivity contribution in [2.75, 3.05) is 12.4 Å². The molecule has 0 radical (unpaired) electrons. The lowest BCUT2D eigenvalue weighted by Gasteiger charge is -2.26. The number of amides is 1. The molecule has 0 bridgehead atoms. The number of anilines is 1. The van der Waals surface area contributed by atoms with Gasteiger partial charge in [-0.05, 0) is 42.3 Å². The summed E-state index contributed by atoms with van der Waals surface area (Å²) in [6.45, 7) is 0. The Labute approximate surface area is 167 Å². The van der Waals surface area contributed by atoms with Crippen molar-refractivity contribution in [3.8, 4) is 6.07 Å². The van der Waals surface area contributed by atoms with Crippen molar-refractivity contribution >= 4 is 45.6 Å². The van der Waals surface area contributed by atoms with Gasteiger partial charge in [0.05, 0.1) is 16.3 Å². The summed E-state index contributed by atoms with van der Waals surface area (Å²) in [5, 5.41) is 11.4. The van der Waals surface area contributed by atoms with E-state index in [1.807, 2.05) is 0 Å². The summed E-state index contributed by atoms with van der Waals surface area (Å²) in [4.78, 5) is 12.7. The normalized spacial score (nSPS) is 16.1. The van der Waals surface area contributed by atoms with Crippen molar-refractivity contribution in [2.24, 2.45) is 4.40 Å². The molecule has 1 unspecified atom stereocenters. The van der Waals surface area contributed by atoms with Gasteiger partial charge in [0.2, 0.25) is 0 Å². The number of nitriles is 1. The molecule has 9 heteroatoms. The summed E-state index contributed by atoms with van der Waals surface area (Å²) in [6, 6.07) is 9.67. The number of hydrogen-bond donors (Lipinski definition) is 1. The summed E-state index contributed by atoms with van der Waals surface area (Å²) in [5.41, 5.74) is 1.26. The van der Waals surface area contributed by atoms with Crippen LogP contribution in [0, 0.1) is 23.0 Å². The highest BCUT2D eigenvalue weighted by Gasteiger charge is 2.22. The third-order valence-corrected chi connectivity index (χ3v) is 5.45. The van der Waals surface area contributed by atoms with Gasteiger partial charge in [-0.1, -0.05) is 17.7 Å². The molecule has 5 nitrogen and oxygen atoms in total. The maximum atomic E-state index is 13.9. The Balaban J connectivity index is 1.93. The highest BCUT2D eigenvalue weighted by molar-refractivity contribution is 8.11. The highest BCUT2D eigenvalue weighted by Crippen LogP contribution is 2.30. The predicted molar refractivity (Wildman–Crippen MR) is 108 cm³/mol. The third kappa shape index (κ3) is 3.96. The number of carbonyl (C=O) groups excluding carboxylic acids is 1. The van der Waals surface area contributed by atoms with E-state index in [0.29, 0.717) is 17.0 Å². The van der Waals surface area contributed by atoms with Crippen LogP contribution in [0.5, 0.6) is 0 Å². The Bertz CT molecular complexity index is 1110.